The monoisotopic (exact) mass is 634 g/mol. The summed E-state index contributed by atoms with van der Waals surface area (Å²) in [6.45, 7) is 3.36. The molecule has 0 aliphatic heterocycles. The summed E-state index contributed by atoms with van der Waals surface area (Å²) in [7, 11) is -3.73. The van der Waals surface area contributed by atoms with Gasteiger partial charge in [-0.1, -0.05) is 11.6 Å². The van der Waals surface area contributed by atoms with Crippen molar-refractivity contribution < 1.29 is 36.7 Å². The Hall–Kier alpha value is -4.29. The van der Waals surface area contributed by atoms with Gasteiger partial charge in [-0.15, -0.1) is 0 Å². The van der Waals surface area contributed by atoms with Crippen LogP contribution in [0.3, 0.4) is 0 Å². The number of pyridine rings is 2. The van der Waals surface area contributed by atoms with E-state index in [1.165, 1.54) is 48.8 Å². The number of nitrogens with one attached hydrogen (secondary N) is 1. The van der Waals surface area contributed by atoms with E-state index in [4.69, 9.17) is 35.9 Å². The second kappa shape index (κ2) is 13.8. The molecule has 2 heterocycles. The number of aromatic nitrogens is 2. The number of hydrogen-bond donors (Lipinski definition) is 2. The fraction of sp³-hybridized carbons (Fsp3) is 0.179. The summed E-state index contributed by atoms with van der Waals surface area (Å²) in [6.07, 6.45) is 2.04. The van der Waals surface area contributed by atoms with Crippen LogP contribution in [-0.2, 0) is 13.6 Å². The van der Waals surface area contributed by atoms with E-state index in [-0.39, 0.29) is 52.7 Å². The molecule has 0 saturated heterocycles. The molecule has 1 amide bonds. The maximum atomic E-state index is 14.9. The number of nitrogens with zero attached hydrogens (tertiary/aromatic N) is 2. The Morgan fingerprint density at radius 1 is 1.02 bits per heavy atom. The van der Waals surface area contributed by atoms with E-state index in [2.05, 4.69) is 10.3 Å². The maximum Gasteiger partial charge on any atom is 0.367 e. The molecule has 0 spiro atoms. The topological polar surface area (TPSA) is 144 Å². The van der Waals surface area contributed by atoms with Crippen molar-refractivity contribution in [1.29, 1.82) is 0 Å². The van der Waals surface area contributed by atoms with Gasteiger partial charge in [0.15, 0.2) is 23.7 Å². The maximum absolute atomic E-state index is 14.9. The number of nitrogen functional groups attached to an aromatic ring is 1. The van der Waals surface area contributed by atoms with Crippen molar-refractivity contribution in [2.24, 2.45) is 0 Å². The summed E-state index contributed by atoms with van der Waals surface area (Å²) in [6, 6.07) is 11.2. The number of nitrogens with two attached hydrogens (primary N) is 1. The predicted molar refractivity (Wildman–Crippen MR) is 156 cm³/mol. The first-order valence-corrected chi connectivity index (χ1v) is 14.9. The van der Waals surface area contributed by atoms with Gasteiger partial charge in [-0.2, -0.15) is 0 Å². The smallest absolute Gasteiger partial charge is 0.367 e. The lowest BCUT2D eigenvalue weighted by Crippen LogP contribution is -2.29. The molecule has 0 unspecified atom stereocenters. The summed E-state index contributed by atoms with van der Waals surface area (Å²) < 4.78 is 64.0. The van der Waals surface area contributed by atoms with Crippen molar-refractivity contribution in [3.63, 3.8) is 0 Å². The molecule has 43 heavy (non-hydrogen) atoms. The molecule has 11 nitrogen and oxygen atoms in total. The van der Waals surface area contributed by atoms with Gasteiger partial charge in [0.25, 0.3) is 11.5 Å². The number of rotatable bonds is 12. The molecule has 0 aliphatic rings. The highest BCUT2D eigenvalue weighted by atomic mass is 35.5. The number of anilines is 2. The minimum atomic E-state index is -3.73. The number of benzene rings is 2. The van der Waals surface area contributed by atoms with Crippen LogP contribution in [0.15, 0.2) is 71.8 Å². The van der Waals surface area contributed by atoms with Gasteiger partial charge in [-0.3, -0.25) is 18.7 Å². The number of halogens is 3. The first kappa shape index (κ1) is 31.6. The van der Waals surface area contributed by atoms with Crippen molar-refractivity contribution in [3.8, 4) is 22.9 Å². The fourth-order valence-electron chi connectivity index (χ4n) is 3.80. The Balaban J connectivity index is 1.66. The van der Waals surface area contributed by atoms with E-state index in [1.807, 2.05) is 0 Å². The second-order valence-corrected chi connectivity index (χ2v) is 11.0. The van der Waals surface area contributed by atoms with Crippen LogP contribution >= 0.6 is 19.2 Å². The highest BCUT2D eigenvalue weighted by Gasteiger charge is 2.28. The molecule has 0 saturated carbocycles. The first-order valence-electron chi connectivity index (χ1n) is 12.8. The summed E-state index contributed by atoms with van der Waals surface area (Å²) in [5.74, 6) is -2.78. The molecule has 2 aromatic carbocycles. The third kappa shape index (κ3) is 7.57. The molecule has 3 N–H and O–H groups in total. The van der Waals surface area contributed by atoms with Gasteiger partial charge in [0, 0.05) is 35.9 Å². The van der Waals surface area contributed by atoms with Crippen LogP contribution in [0.4, 0.5) is 20.3 Å². The van der Waals surface area contributed by atoms with Crippen LogP contribution in [0.5, 0.6) is 17.2 Å². The predicted octanol–water partition coefficient (Wildman–Crippen LogP) is 6.39. The van der Waals surface area contributed by atoms with Crippen LogP contribution in [0.25, 0.3) is 5.69 Å². The third-order valence-corrected chi connectivity index (χ3v) is 7.83. The summed E-state index contributed by atoms with van der Waals surface area (Å²) >= 11 is 6.06. The van der Waals surface area contributed by atoms with E-state index in [1.54, 1.807) is 13.8 Å². The van der Waals surface area contributed by atoms with Crippen LogP contribution in [0, 0.1) is 11.6 Å². The van der Waals surface area contributed by atoms with Crippen LogP contribution in [0.2, 0.25) is 5.02 Å². The van der Waals surface area contributed by atoms with Gasteiger partial charge in [0.2, 0.25) is 0 Å². The fourth-order valence-corrected chi connectivity index (χ4v) is 5.26. The van der Waals surface area contributed by atoms with E-state index in [0.717, 1.165) is 22.8 Å². The zero-order chi connectivity index (χ0) is 31.1. The zero-order valence-electron chi connectivity index (χ0n) is 22.9. The molecular formula is C28H26ClF2N4O7P. The van der Waals surface area contributed by atoms with Crippen molar-refractivity contribution >= 4 is 36.6 Å². The SMILES string of the molecule is CCOP(=O)(COc1ccn(-c2ccc(F)cc2)c(=O)c1C(=O)Nc1ccc(Oc2ccnc(N)c2Cl)c(F)c1)OCC. The van der Waals surface area contributed by atoms with E-state index in [0.29, 0.717) is 0 Å². The largest absolute Gasteiger partial charge is 0.480 e. The quantitative estimate of drug-likeness (QED) is 0.169. The minimum absolute atomic E-state index is 0.00509. The number of carbonyl (C=O) groups is 1. The molecule has 0 atom stereocenters. The van der Waals surface area contributed by atoms with E-state index < -0.39 is 42.6 Å². The lowest BCUT2D eigenvalue weighted by atomic mass is 10.2. The second-order valence-electron chi connectivity index (χ2n) is 8.64. The van der Waals surface area contributed by atoms with Gasteiger partial charge in [0.1, 0.15) is 28.0 Å². The van der Waals surface area contributed by atoms with Gasteiger partial charge < -0.3 is 29.6 Å². The first-order chi connectivity index (χ1) is 20.5. The third-order valence-electron chi connectivity index (χ3n) is 5.71. The molecule has 4 aromatic rings. The molecular weight excluding hydrogens is 609 g/mol. The number of carbonyl (C=O) groups excluding carboxylic acids is 1. The van der Waals surface area contributed by atoms with Crippen molar-refractivity contribution in [2.45, 2.75) is 13.8 Å². The molecule has 0 fully saturated rings. The van der Waals surface area contributed by atoms with E-state index >= 15 is 0 Å². The van der Waals surface area contributed by atoms with Crippen molar-refractivity contribution in [3.05, 3.63) is 99.6 Å². The molecule has 0 aliphatic carbocycles. The van der Waals surface area contributed by atoms with Gasteiger partial charge in [0.05, 0.1) is 13.2 Å². The minimum Gasteiger partial charge on any atom is -0.480 e. The van der Waals surface area contributed by atoms with Gasteiger partial charge >= 0.3 is 7.60 Å². The summed E-state index contributed by atoms with van der Waals surface area (Å²) in [5.41, 5.74) is 4.51. The highest BCUT2D eigenvalue weighted by Crippen LogP contribution is 2.48. The lowest BCUT2D eigenvalue weighted by molar-refractivity contribution is 0.102. The Labute approximate surface area is 249 Å². The van der Waals surface area contributed by atoms with Crippen LogP contribution in [0.1, 0.15) is 24.2 Å². The average molecular weight is 635 g/mol. The van der Waals surface area contributed by atoms with Crippen LogP contribution < -0.4 is 26.1 Å². The molecule has 0 bridgehead atoms. The zero-order valence-corrected chi connectivity index (χ0v) is 24.5. The summed E-state index contributed by atoms with van der Waals surface area (Å²) in [4.78, 5) is 30.8. The normalized spacial score (nSPS) is 11.3. The van der Waals surface area contributed by atoms with Crippen molar-refractivity contribution in [1.82, 2.24) is 9.55 Å². The Bertz CT molecular complexity index is 1730. The van der Waals surface area contributed by atoms with Gasteiger partial charge in [-0.25, -0.2) is 13.8 Å². The Kier molecular flexibility index (Phi) is 10.1. The summed E-state index contributed by atoms with van der Waals surface area (Å²) in [5, 5.41) is 2.44. The van der Waals surface area contributed by atoms with Crippen molar-refractivity contribution in [2.75, 3.05) is 30.6 Å². The highest BCUT2D eigenvalue weighted by molar-refractivity contribution is 7.53. The number of ether oxygens (including phenoxy) is 2. The standard InChI is InChI=1S/C28H26ClF2N4O7P/c1-3-40-43(38,41-4-2)16-39-22-12-14-35(19-8-5-17(30)6-9-19)28(37)24(22)27(36)34-18-7-10-21(20(31)15-18)42-23-11-13-33-26(32)25(23)29/h5-15H,3-4,16H2,1-2H3,(H2,32,33)(H,34,36). The lowest BCUT2D eigenvalue weighted by Gasteiger charge is -2.19. The molecule has 15 heteroatoms. The Morgan fingerprint density at radius 2 is 1.72 bits per heavy atom. The number of amides is 1. The van der Waals surface area contributed by atoms with E-state index in [9.17, 15) is 22.9 Å². The van der Waals surface area contributed by atoms with Gasteiger partial charge in [-0.05, 0) is 56.3 Å². The number of hydrogen-bond acceptors (Lipinski definition) is 9. The molecule has 2 aromatic heterocycles. The molecule has 0 radical (unpaired) electrons. The van der Waals surface area contributed by atoms with Crippen LogP contribution in [-0.4, -0.2) is 35.0 Å². The molecule has 4 rings (SSSR count). The molecule has 226 valence electrons. The Morgan fingerprint density at radius 3 is 2.37 bits per heavy atom. The average Bonchev–Trinajstić information content (AvgIpc) is 2.96.